The molecule has 0 aromatic rings. The minimum absolute atomic E-state index is 0.0643. The van der Waals surface area contributed by atoms with Crippen molar-refractivity contribution in [3.63, 3.8) is 0 Å². The summed E-state index contributed by atoms with van der Waals surface area (Å²) < 4.78 is 0. The second-order valence-corrected chi connectivity index (χ2v) is 5.85. The van der Waals surface area contributed by atoms with Crippen LogP contribution in [0.2, 0.25) is 0 Å². The summed E-state index contributed by atoms with van der Waals surface area (Å²) in [5, 5.41) is 13.3. The third-order valence-electron chi connectivity index (χ3n) is 4.21. The maximum Gasteiger partial charge on any atom is 0.220 e. The zero-order valence-electron chi connectivity index (χ0n) is 11.7. The lowest BCUT2D eigenvalue weighted by Gasteiger charge is -2.31. The van der Waals surface area contributed by atoms with Crippen LogP contribution in [0.25, 0.3) is 0 Å². The number of carbonyl (C=O) groups excluding carboxylic acids is 1. The van der Waals surface area contributed by atoms with Gasteiger partial charge in [0.15, 0.2) is 0 Å². The Hall–Kier alpha value is -1.09. The molecule has 0 unspecified atom stereocenters. The number of nitrogens with one attached hydrogen (secondary N) is 1. The quantitative estimate of drug-likeness (QED) is 0.801. The smallest absolute Gasteiger partial charge is 0.220 e. The Labute approximate surface area is 115 Å². The normalized spacial score (nSPS) is 21.8. The third kappa shape index (κ3) is 4.83. The van der Waals surface area contributed by atoms with Crippen LogP contribution in [0.4, 0.5) is 0 Å². The van der Waals surface area contributed by atoms with Gasteiger partial charge in [-0.15, -0.1) is 0 Å². The molecular formula is C16H25NO2. The summed E-state index contributed by atoms with van der Waals surface area (Å²) in [6.07, 6.45) is 14.6. The van der Waals surface area contributed by atoms with Crippen molar-refractivity contribution in [1.29, 1.82) is 0 Å². The molecule has 1 fully saturated rings. The summed E-state index contributed by atoms with van der Waals surface area (Å²) in [5.41, 5.74) is 0.704. The van der Waals surface area contributed by atoms with Crippen LogP contribution in [0.3, 0.4) is 0 Å². The lowest BCUT2D eigenvalue weighted by Crippen LogP contribution is -2.34. The van der Waals surface area contributed by atoms with Gasteiger partial charge in [-0.05, 0) is 32.1 Å². The first-order valence-electron chi connectivity index (χ1n) is 7.52. The molecule has 106 valence electrons. The SMILES string of the molecule is O=C(CCC1(O)CCCCC1)NCC1=CC=CCC1. The fraction of sp³-hybridized carbons (Fsp3) is 0.688. The number of hydrogen-bond acceptors (Lipinski definition) is 2. The van der Waals surface area contributed by atoms with Crippen LogP contribution in [-0.4, -0.2) is 23.2 Å². The number of hydrogen-bond donors (Lipinski definition) is 2. The number of amides is 1. The second-order valence-electron chi connectivity index (χ2n) is 5.85. The molecule has 0 atom stereocenters. The molecule has 3 nitrogen and oxygen atoms in total. The molecule has 19 heavy (non-hydrogen) atoms. The van der Waals surface area contributed by atoms with Gasteiger partial charge in [0, 0.05) is 13.0 Å². The number of rotatable bonds is 5. The first kappa shape index (κ1) is 14.3. The van der Waals surface area contributed by atoms with E-state index in [2.05, 4.69) is 23.5 Å². The summed E-state index contributed by atoms with van der Waals surface area (Å²) in [4.78, 5) is 11.8. The van der Waals surface area contributed by atoms with Crippen molar-refractivity contribution >= 4 is 5.91 Å². The highest BCUT2D eigenvalue weighted by molar-refractivity contribution is 5.76. The van der Waals surface area contributed by atoms with Gasteiger partial charge < -0.3 is 10.4 Å². The van der Waals surface area contributed by atoms with Crippen LogP contribution >= 0.6 is 0 Å². The monoisotopic (exact) mass is 263 g/mol. The van der Waals surface area contributed by atoms with E-state index in [9.17, 15) is 9.90 Å². The Bertz CT molecular complexity index is 365. The maximum atomic E-state index is 11.8. The van der Waals surface area contributed by atoms with Crippen molar-refractivity contribution < 1.29 is 9.90 Å². The van der Waals surface area contributed by atoms with Crippen molar-refractivity contribution in [2.24, 2.45) is 0 Å². The van der Waals surface area contributed by atoms with Gasteiger partial charge >= 0.3 is 0 Å². The predicted molar refractivity (Wildman–Crippen MR) is 76.7 cm³/mol. The Balaban J connectivity index is 1.66. The lowest BCUT2D eigenvalue weighted by molar-refractivity contribution is -0.122. The summed E-state index contributed by atoms with van der Waals surface area (Å²) in [5.74, 6) is 0.0643. The minimum Gasteiger partial charge on any atom is -0.390 e. The Morgan fingerprint density at radius 2 is 2.11 bits per heavy atom. The van der Waals surface area contributed by atoms with Crippen molar-refractivity contribution in [3.05, 3.63) is 23.8 Å². The molecule has 0 saturated heterocycles. The number of allylic oxidation sites excluding steroid dienone is 3. The van der Waals surface area contributed by atoms with E-state index in [1.54, 1.807) is 0 Å². The van der Waals surface area contributed by atoms with E-state index in [1.165, 1.54) is 12.0 Å². The average molecular weight is 263 g/mol. The predicted octanol–water partition coefficient (Wildman–Crippen LogP) is 2.85. The molecule has 2 aliphatic rings. The van der Waals surface area contributed by atoms with Gasteiger partial charge in [0.2, 0.25) is 5.91 Å². The molecule has 1 saturated carbocycles. The molecule has 2 aliphatic carbocycles. The zero-order valence-corrected chi connectivity index (χ0v) is 11.7. The molecule has 1 amide bonds. The van der Waals surface area contributed by atoms with Gasteiger partial charge in [0.05, 0.1) is 5.60 Å². The molecule has 0 aromatic carbocycles. The molecule has 0 radical (unpaired) electrons. The Morgan fingerprint density at radius 1 is 1.32 bits per heavy atom. The molecule has 2 rings (SSSR count). The number of carbonyl (C=O) groups is 1. The van der Waals surface area contributed by atoms with Crippen molar-refractivity contribution in [2.45, 2.75) is 63.4 Å². The van der Waals surface area contributed by atoms with E-state index in [0.29, 0.717) is 19.4 Å². The van der Waals surface area contributed by atoms with E-state index in [0.717, 1.165) is 38.5 Å². The summed E-state index contributed by atoms with van der Waals surface area (Å²) in [6.45, 7) is 0.654. The fourth-order valence-corrected chi connectivity index (χ4v) is 2.91. The Morgan fingerprint density at radius 3 is 2.79 bits per heavy atom. The topological polar surface area (TPSA) is 49.3 Å². The molecule has 3 heteroatoms. The van der Waals surface area contributed by atoms with Crippen LogP contribution in [0.1, 0.15) is 57.8 Å². The van der Waals surface area contributed by atoms with Crippen LogP contribution < -0.4 is 5.32 Å². The van der Waals surface area contributed by atoms with E-state index in [-0.39, 0.29) is 5.91 Å². The number of aliphatic hydroxyl groups is 1. The van der Waals surface area contributed by atoms with Crippen molar-refractivity contribution in [3.8, 4) is 0 Å². The van der Waals surface area contributed by atoms with Crippen LogP contribution in [0.5, 0.6) is 0 Å². The maximum absolute atomic E-state index is 11.8. The second kappa shape index (κ2) is 6.90. The standard InChI is InChI=1S/C16H25NO2/c18-15(17-13-14-7-3-1-4-8-14)9-12-16(19)10-5-2-6-11-16/h1,3,7,19H,2,4-6,8-13H2,(H,17,18). The van der Waals surface area contributed by atoms with Gasteiger partial charge in [-0.1, -0.05) is 43.1 Å². The van der Waals surface area contributed by atoms with E-state index < -0.39 is 5.60 Å². The van der Waals surface area contributed by atoms with Gasteiger partial charge in [-0.2, -0.15) is 0 Å². The zero-order chi connectivity index (χ0) is 13.6. The van der Waals surface area contributed by atoms with Crippen molar-refractivity contribution in [2.75, 3.05) is 6.54 Å². The highest BCUT2D eigenvalue weighted by atomic mass is 16.3. The highest BCUT2D eigenvalue weighted by Gasteiger charge is 2.29. The van der Waals surface area contributed by atoms with Gasteiger partial charge in [0.25, 0.3) is 0 Å². The van der Waals surface area contributed by atoms with Gasteiger partial charge in [-0.3, -0.25) is 4.79 Å². The lowest BCUT2D eigenvalue weighted by atomic mass is 9.81. The summed E-state index contributed by atoms with van der Waals surface area (Å²) in [7, 11) is 0. The summed E-state index contributed by atoms with van der Waals surface area (Å²) >= 11 is 0. The van der Waals surface area contributed by atoms with E-state index in [1.807, 2.05) is 0 Å². The molecule has 0 bridgehead atoms. The van der Waals surface area contributed by atoms with Gasteiger partial charge in [0.1, 0.15) is 0 Å². The molecule has 0 aliphatic heterocycles. The van der Waals surface area contributed by atoms with Gasteiger partial charge in [-0.25, -0.2) is 0 Å². The molecule has 0 heterocycles. The fourth-order valence-electron chi connectivity index (χ4n) is 2.91. The highest BCUT2D eigenvalue weighted by Crippen LogP contribution is 2.31. The first-order chi connectivity index (χ1) is 9.18. The minimum atomic E-state index is -0.581. The molecule has 0 aromatic heterocycles. The third-order valence-corrected chi connectivity index (χ3v) is 4.21. The molecule has 0 spiro atoms. The Kier molecular flexibility index (Phi) is 5.20. The molecule has 2 N–H and O–H groups in total. The molecular weight excluding hydrogens is 238 g/mol. The van der Waals surface area contributed by atoms with Crippen LogP contribution in [0.15, 0.2) is 23.8 Å². The van der Waals surface area contributed by atoms with E-state index >= 15 is 0 Å². The largest absolute Gasteiger partial charge is 0.390 e. The van der Waals surface area contributed by atoms with Crippen molar-refractivity contribution in [1.82, 2.24) is 5.32 Å². The average Bonchev–Trinajstić information content (AvgIpc) is 2.45. The van der Waals surface area contributed by atoms with E-state index in [4.69, 9.17) is 0 Å². The van der Waals surface area contributed by atoms with Crippen LogP contribution in [0, 0.1) is 0 Å². The summed E-state index contributed by atoms with van der Waals surface area (Å²) in [6, 6.07) is 0. The first-order valence-corrected chi connectivity index (χ1v) is 7.52. The van der Waals surface area contributed by atoms with Crippen LogP contribution in [-0.2, 0) is 4.79 Å².